The van der Waals surface area contributed by atoms with E-state index in [1.165, 1.54) is 153 Å². The van der Waals surface area contributed by atoms with Gasteiger partial charge in [0.15, 0.2) is 0 Å². The number of benzene rings is 3. The van der Waals surface area contributed by atoms with E-state index in [-0.39, 0.29) is 11.1 Å². The summed E-state index contributed by atoms with van der Waals surface area (Å²) in [5.41, 5.74) is 11.2. The molecule has 10 heteroatoms. The van der Waals surface area contributed by atoms with Gasteiger partial charge < -0.3 is 9.47 Å². The van der Waals surface area contributed by atoms with Gasteiger partial charge in [-0.3, -0.25) is 40.9 Å². The van der Waals surface area contributed by atoms with Gasteiger partial charge in [-0.15, -0.1) is 0 Å². The lowest BCUT2D eigenvalue weighted by molar-refractivity contribution is 0.0844. The minimum Gasteiger partial charge on any atom is -0.494 e. The van der Waals surface area contributed by atoms with Crippen molar-refractivity contribution in [2.75, 3.05) is 13.2 Å². The maximum atomic E-state index is 13.0. The summed E-state index contributed by atoms with van der Waals surface area (Å²) in [7, 11) is 0. The number of amides is 4. The van der Waals surface area contributed by atoms with Crippen LogP contribution in [0.2, 0.25) is 0 Å². The Morgan fingerprint density at radius 2 is 0.726 bits per heavy atom. The maximum absolute atomic E-state index is 13.0. The molecule has 0 spiro atoms. The highest BCUT2D eigenvalue weighted by Crippen LogP contribution is 2.18. The van der Waals surface area contributed by atoms with Crippen LogP contribution in [0.3, 0.4) is 0 Å². The minimum atomic E-state index is -0.586. The molecule has 0 saturated carbocycles. The van der Waals surface area contributed by atoms with Gasteiger partial charge in [0.2, 0.25) is 0 Å². The second-order valence-electron chi connectivity index (χ2n) is 16.3. The molecular weight excluding hydrogens is 777 g/mol. The molecule has 0 fully saturated rings. The first-order valence-electron chi connectivity index (χ1n) is 23.8. The van der Waals surface area contributed by atoms with Crippen molar-refractivity contribution in [2.45, 2.75) is 168 Å². The predicted molar refractivity (Wildman–Crippen MR) is 252 cm³/mol. The smallest absolute Gasteiger partial charge is 0.270 e. The van der Waals surface area contributed by atoms with Crippen molar-refractivity contribution in [1.29, 1.82) is 0 Å². The molecule has 0 unspecified atom stereocenters. The SMILES string of the molecule is C=Cc1cc(C(=O)NNC(=O)c2ccc(OCCCCCCCCCCCCCC)cc2)ccc1C(=O)NNC(=O)c1ccc(OCCCCCCCCCCCCCC)cc1. The predicted octanol–water partition coefficient (Wildman–Crippen LogP) is 12.6. The fourth-order valence-corrected chi connectivity index (χ4v) is 7.26. The van der Waals surface area contributed by atoms with E-state index in [0.29, 0.717) is 41.4 Å². The highest BCUT2D eigenvalue weighted by Gasteiger charge is 2.16. The van der Waals surface area contributed by atoms with Crippen molar-refractivity contribution in [1.82, 2.24) is 21.7 Å². The summed E-state index contributed by atoms with van der Waals surface area (Å²) in [4.78, 5) is 51.4. The summed E-state index contributed by atoms with van der Waals surface area (Å²) in [6, 6.07) is 17.9. The van der Waals surface area contributed by atoms with Crippen LogP contribution in [0.25, 0.3) is 6.08 Å². The molecule has 0 atom stereocenters. The van der Waals surface area contributed by atoms with E-state index in [0.717, 1.165) is 25.7 Å². The van der Waals surface area contributed by atoms with Gasteiger partial charge in [0.05, 0.1) is 13.2 Å². The van der Waals surface area contributed by atoms with Crippen LogP contribution in [-0.2, 0) is 0 Å². The Labute approximate surface area is 372 Å². The topological polar surface area (TPSA) is 135 Å². The highest BCUT2D eigenvalue weighted by atomic mass is 16.5. The molecule has 0 aliphatic heterocycles. The Morgan fingerprint density at radius 3 is 1.08 bits per heavy atom. The maximum Gasteiger partial charge on any atom is 0.270 e. The summed E-state index contributed by atoms with van der Waals surface area (Å²) in [5, 5.41) is 0. The molecule has 340 valence electrons. The van der Waals surface area contributed by atoms with E-state index in [9.17, 15) is 19.2 Å². The summed E-state index contributed by atoms with van der Waals surface area (Å²) >= 11 is 0. The summed E-state index contributed by atoms with van der Waals surface area (Å²) in [6.45, 7) is 9.54. The Morgan fingerprint density at radius 1 is 0.419 bits per heavy atom. The fourth-order valence-electron chi connectivity index (χ4n) is 7.26. The van der Waals surface area contributed by atoms with Gasteiger partial charge in [-0.1, -0.05) is 168 Å². The molecule has 0 aromatic heterocycles. The van der Waals surface area contributed by atoms with Gasteiger partial charge in [-0.2, -0.15) is 0 Å². The first-order valence-corrected chi connectivity index (χ1v) is 23.8. The molecule has 10 nitrogen and oxygen atoms in total. The Hall–Kier alpha value is -5.12. The van der Waals surface area contributed by atoms with Crippen molar-refractivity contribution >= 4 is 29.7 Å². The van der Waals surface area contributed by atoms with Crippen LogP contribution in [0.4, 0.5) is 0 Å². The van der Waals surface area contributed by atoms with Crippen LogP contribution in [0.1, 0.15) is 215 Å². The van der Waals surface area contributed by atoms with Crippen molar-refractivity contribution in [3.8, 4) is 11.5 Å². The molecule has 4 amide bonds. The van der Waals surface area contributed by atoms with Gasteiger partial charge in [-0.05, 0) is 85.1 Å². The van der Waals surface area contributed by atoms with Crippen LogP contribution in [0.15, 0.2) is 73.3 Å². The number of rotatable bonds is 33. The van der Waals surface area contributed by atoms with Gasteiger partial charge in [0, 0.05) is 22.3 Å². The third-order valence-electron chi connectivity index (χ3n) is 11.1. The van der Waals surface area contributed by atoms with Crippen molar-refractivity contribution in [3.05, 3.63) is 101 Å². The Kier molecular flexibility index (Phi) is 26.9. The van der Waals surface area contributed by atoms with Crippen LogP contribution < -0.4 is 31.2 Å². The van der Waals surface area contributed by atoms with E-state index in [2.05, 4.69) is 42.1 Å². The lowest BCUT2D eigenvalue weighted by atomic mass is 10.0. The zero-order valence-corrected chi connectivity index (χ0v) is 38.0. The normalized spacial score (nSPS) is 10.8. The van der Waals surface area contributed by atoms with Gasteiger partial charge in [0.25, 0.3) is 23.6 Å². The molecule has 0 bridgehead atoms. The molecule has 3 aromatic carbocycles. The van der Waals surface area contributed by atoms with Crippen LogP contribution in [0, 0.1) is 0 Å². The number of hydrazine groups is 2. The van der Waals surface area contributed by atoms with E-state index in [1.807, 2.05) is 0 Å². The van der Waals surface area contributed by atoms with Crippen LogP contribution >= 0.6 is 0 Å². The summed E-state index contributed by atoms with van der Waals surface area (Å²) < 4.78 is 11.7. The molecule has 0 aliphatic carbocycles. The molecule has 0 saturated heterocycles. The third kappa shape index (κ3) is 21.6. The van der Waals surface area contributed by atoms with Crippen molar-refractivity contribution in [2.24, 2.45) is 0 Å². The quantitative estimate of drug-likeness (QED) is 0.0356. The molecule has 4 N–H and O–H groups in total. The van der Waals surface area contributed by atoms with Gasteiger partial charge in [0.1, 0.15) is 11.5 Å². The number of carbonyl (C=O) groups excluding carboxylic acids is 4. The van der Waals surface area contributed by atoms with E-state index in [4.69, 9.17) is 9.47 Å². The van der Waals surface area contributed by atoms with Crippen molar-refractivity contribution < 1.29 is 28.7 Å². The number of unbranched alkanes of at least 4 members (excludes halogenated alkanes) is 22. The van der Waals surface area contributed by atoms with Crippen LogP contribution in [-0.4, -0.2) is 36.8 Å². The first kappa shape index (κ1) is 51.2. The average molecular weight is 853 g/mol. The first-order chi connectivity index (χ1) is 30.4. The largest absolute Gasteiger partial charge is 0.494 e. The fraction of sp³-hybridized carbons (Fsp3) is 0.538. The standard InChI is InChI=1S/C52H76N4O6/c1-4-7-9-11-13-15-17-19-21-23-25-27-39-61-46-34-29-43(30-35-46)49(57)53-55-51(59)45-33-38-48(42(6-3)41-45)52(60)56-54-50(58)44-31-36-47(37-32-44)62-40-28-26-24-22-20-18-16-14-12-10-8-5-2/h6,29-38,41H,3-5,7-28,39-40H2,1-2H3,(H,53,57)(H,54,58)(H,55,59)(H,56,60). The Bertz CT molecular complexity index is 1730. The van der Waals surface area contributed by atoms with Crippen LogP contribution in [0.5, 0.6) is 11.5 Å². The summed E-state index contributed by atoms with van der Waals surface area (Å²) in [5.74, 6) is -0.767. The molecule has 0 aliphatic rings. The molecule has 0 radical (unpaired) electrons. The Balaban J connectivity index is 1.29. The number of hydrogen-bond acceptors (Lipinski definition) is 6. The van der Waals surface area contributed by atoms with E-state index >= 15 is 0 Å². The number of hydrogen-bond donors (Lipinski definition) is 4. The number of nitrogens with one attached hydrogen (secondary N) is 4. The molecular formula is C52H76N4O6. The van der Waals surface area contributed by atoms with Crippen molar-refractivity contribution in [3.63, 3.8) is 0 Å². The molecule has 3 rings (SSSR count). The summed E-state index contributed by atoms with van der Waals surface area (Å²) in [6.07, 6.45) is 32.3. The monoisotopic (exact) mass is 853 g/mol. The lowest BCUT2D eigenvalue weighted by Gasteiger charge is -2.12. The van der Waals surface area contributed by atoms with Gasteiger partial charge >= 0.3 is 0 Å². The molecule has 3 aromatic rings. The second-order valence-corrected chi connectivity index (χ2v) is 16.3. The highest BCUT2D eigenvalue weighted by molar-refractivity contribution is 6.03. The van der Waals surface area contributed by atoms with E-state index < -0.39 is 23.6 Å². The number of carbonyl (C=O) groups is 4. The average Bonchev–Trinajstić information content (AvgIpc) is 3.30. The molecule has 0 heterocycles. The molecule has 62 heavy (non-hydrogen) atoms. The third-order valence-corrected chi connectivity index (χ3v) is 11.1. The number of ether oxygens (including phenoxy) is 2. The minimum absolute atomic E-state index is 0.198. The van der Waals surface area contributed by atoms with Gasteiger partial charge in [-0.25, -0.2) is 0 Å². The lowest BCUT2D eigenvalue weighted by Crippen LogP contribution is -2.42. The van der Waals surface area contributed by atoms with E-state index in [1.54, 1.807) is 48.5 Å². The zero-order valence-electron chi connectivity index (χ0n) is 38.0. The second kappa shape index (κ2) is 32.6. The zero-order chi connectivity index (χ0) is 44.5.